The lowest BCUT2D eigenvalue weighted by Gasteiger charge is -2.31. The second-order valence-electron chi connectivity index (χ2n) is 8.27. The van der Waals surface area contributed by atoms with E-state index in [0.29, 0.717) is 29.6 Å². The molecule has 0 aliphatic heterocycles. The molecular weight excluding hydrogens is 434 g/mol. The molecule has 4 rings (SSSR count). The first-order valence-corrected chi connectivity index (χ1v) is 12.0. The van der Waals surface area contributed by atoms with E-state index >= 15 is 0 Å². The Morgan fingerprint density at radius 1 is 1.15 bits per heavy atom. The lowest BCUT2D eigenvalue weighted by molar-refractivity contribution is -0.120. The molecule has 0 bridgehead atoms. The number of hydrogen-bond acceptors (Lipinski definition) is 6. The van der Waals surface area contributed by atoms with Crippen molar-refractivity contribution in [1.29, 1.82) is 5.26 Å². The summed E-state index contributed by atoms with van der Waals surface area (Å²) in [6.07, 6.45) is 4.45. The molecule has 8 heteroatoms. The average molecular weight is 462 g/mol. The van der Waals surface area contributed by atoms with Crippen LogP contribution < -0.4 is 10.1 Å². The summed E-state index contributed by atoms with van der Waals surface area (Å²) in [5.41, 5.74) is 2.11. The van der Waals surface area contributed by atoms with Crippen molar-refractivity contribution in [2.24, 2.45) is 0 Å². The van der Waals surface area contributed by atoms with Gasteiger partial charge in [0, 0.05) is 5.69 Å². The highest BCUT2D eigenvalue weighted by molar-refractivity contribution is 7.99. The van der Waals surface area contributed by atoms with Gasteiger partial charge in [0.25, 0.3) is 0 Å². The summed E-state index contributed by atoms with van der Waals surface area (Å²) in [5.74, 6) is 1.32. The Morgan fingerprint density at radius 2 is 1.88 bits per heavy atom. The Hall–Kier alpha value is -3.31. The van der Waals surface area contributed by atoms with Crippen LogP contribution in [0.25, 0.3) is 17.1 Å². The van der Waals surface area contributed by atoms with Gasteiger partial charge in [0.15, 0.2) is 11.0 Å². The van der Waals surface area contributed by atoms with Crippen LogP contribution in [0.1, 0.15) is 37.7 Å². The van der Waals surface area contributed by atoms with Gasteiger partial charge in [-0.3, -0.25) is 9.36 Å². The highest BCUT2D eigenvalue weighted by Crippen LogP contribution is 2.33. The van der Waals surface area contributed by atoms with Gasteiger partial charge in [0.1, 0.15) is 11.3 Å². The predicted octanol–water partition coefficient (Wildman–Crippen LogP) is 4.69. The molecule has 1 N–H and O–H groups in total. The number of nitriles is 1. The van der Waals surface area contributed by atoms with Crippen molar-refractivity contribution in [2.75, 3.05) is 12.9 Å². The van der Waals surface area contributed by atoms with Crippen LogP contribution in [0.4, 0.5) is 0 Å². The van der Waals surface area contributed by atoms with E-state index in [2.05, 4.69) is 21.6 Å². The lowest BCUT2D eigenvalue weighted by Crippen LogP contribution is -2.49. The molecule has 1 aliphatic carbocycles. The average Bonchev–Trinajstić information content (AvgIpc) is 3.27. The molecule has 170 valence electrons. The third-order valence-corrected chi connectivity index (χ3v) is 6.83. The number of ether oxygens (including phenoxy) is 1. The maximum Gasteiger partial charge on any atom is 0.231 e. The maximum absolute atomic E-state index is 12.8. The van der Waals surface area contributed by atoms with E-state index in [1.165, 1.54) is 11.8 Å². The van der Waals surface area contributed by atoms with Crippen LogP contribution >= 0.6 is 11.8 Å². The number of rotatable bonds is 7. The van der Waals surface area contributed by atoms with Crippen LogP contribution in [0.5, 0.6) is 5.75 Å². The summed E-state index contributed by atoms with van der Waals surface area (Å²) in [6.45, 7) is 2.04. The molecule has 1 aromatic heterocycles. The molecule has 0 atom stereocenters. The van der Waals surface area contributed by atoms with Crippen LogP contribution in [-0.4, -0.2) is 39.1 Å². The van der Waals surface area contributed by atoms with E-state index in [4.69, 9.17) is 4.74 Å². The minimum absolute atomic E-state index is 0.152. The predicted molar refractivity (Wildman–Crippen MR) is 128 cm³/mol. The molecule has 0 spiro atoms. The van der Waals surface area contributed by atoms with E-state index in [0.717, 1.165) is 36.1 Å². The Bertz CT molecular complexity index is 1160. The fourth-order valence-corrected chi connectivity index (χ4v) is 4.90. The summed E-state index contributed by atoms with van der Waals surface area (Å²) in [4.78, 5) is 12.8. The van der Waals surface area contributed by atoms with Gasteiger partial charge in [-0.05, 0) is 44.0 Å². The van der Waals surface area contributed by atoms with Gasteiger partial charge in [-0.25, -0.2) is 0 Å². The normalized spacial score (nSPS) is 14.9. The second-order valence-corrected chi connectivity index (χ2v) is 9.21. The number of carbonyl (C=O) groups is 1. The lowest BCUT2D eigenvalue weighted by atomic mass is 9.83. The third kappa shape index (κ3) is 5.04. The van der Waals surface area contributed by atoms with Gasteiger partial charge in [0.05, 0.1) is 24.5 Å². The van der Waals surface area contributed by atoms with Crippen LogP contribution in [0, 0.1) is 18.3 Å². The van der Waals surface area contributed by atoms with E-state index in [1.54, 1.807) is 7.11 Å². The molecule has 0 unspecified atom stereocenters. The van der Waals surface area contributed by atoms with Gasteiger partial charge in [0.2, 0.25) is 5.91 Å². The Balaban J connectivity index is 1.62. The smallest absolute Gasteiger partial charge is 0.231 e. The zero-order valence-electron chi connectivity index (χ0n) is 18.9. The topological polar surface area (TPSA) is 92.8 Å². The number of benzene rings is 2. The number of nitrogens with zero attached hydrogens (tertiary/aromatic N) is 4. The van der Waals surface area contributed by atoms with Crippen molar-refractivity contribution in [2.45, 2.75) is 49.7 Å². The van der Waals surface area contributed by atoms with E-state index in [1.807, 2.05) is 60.0 Å². The summed E-state index contributed by atoms with van der Waals surface area (Å²) in [7, 11) is 1.63. The van der Waals surface area contributed by atoms with Crippen molar-refractivity contribution in [1.82, 2.24) is 20.1 Å². The van der Waals surface area contributed by atoms with E-state index < -0.39 is 5.54 Å². The molecule has 1 heterocycles. The summed E-state index contributed by atoms with van der Waals surface area (Å²) in [6, 6.07) is 18.1. The van der Waals surface area contributed by atoms with Gasteiger partial charge in [-0.1, -0.05) is 60.9 Å². The van der Waals surface area contributed by atoms with Crippen LogP contribution in [0.3, 0.4) is 0 Å². The number of para-hydroxylation sites is 1. The van der Waals surface area contributed by atoms with E-state index in [-0.39, 0.29) is 11.7 Å². The van der Waals surface area contributed by atoms with Crippen molar-refractivity contribution in [3.05, 3.63) is 54.1 Å². The molecule has 1 saturated carbocycles. The minimum Gasteiger partial charge on any atom is -0.496 e. The molecule has 33 heavy (non-hydrogen) atoms. The zero-order chi connectivity index (χ0) is 23.3. The molecule has 0 radical (unpaired) electrons. The van der Waals surface area contributed by atoms with Crippen LogP contribution in [-0.2, 0) is 4.79 Å². The van der Waals surface area contributed by atoms with Crippen LogP contribution in [0.15, 0.2) is 53.7 Å². The molecule has 7 nitrogen and oxygen atoms in total. The molecule has 0 saturated heterocycles. The largest absolute Gasteiger partial charge is 0.496 e. The Kier molecular flexibility index (Phi) is 6.99. The molecule has 1 amide bonds. The summed E-state index contributed by atoms with van der Waals surface area (Å²) in [5, 5.41) is 22.1. The standard InChI is InChI=1S/C25H27N5O2S/c1-18-10-12-19(13-11-18)30-23(20-8-4-5-9-21(20)32-2)28-29-24(30)33-16-22(31)27-25(17-26)14-6-3-7-15-25/h4-5,8-13H,3,6-7,14-16H2,1-2H3,(H,27,31). The van der Waals surface area contributed by atoms with Crippen molar-refractivity contribution in [3.63, 3.8) is 0 Å². The number of methoxy groups -OCH3 is 1. The number of hydrogen-bond donors (Lipinski definition) is 1. The molecule has 3 aromatic rings. The van der Waals surface area contributed by atoms with E-state index in [9.17, 15) is 10.1 Å². The third-order valence-electron chi connectivity index (χ3n) is 5.91. The maximum atomic E-state index is 12.8. The summed E-state index contributed by atoms with van der Waals surface area (Å²) < 4.78 is 7.48. The fraction of sp³-hybridized carbons (Fsp3) is 0.360. The molecule has 1 fully saturated rings. The van der Waals surface area contributed by atoms with Crippen molar-refractivity contribution in [3.8, 4) is 28.9 Å². The number of aromatic nitrogens is 3. The first-order valence-electron chi connectivity index (χ1n) is 11.1. The SMILES string of the molecule is COc1ccccc1-c1nnc(SCC(=O)NC2(C#N)CCCCC2)n1-c1ccc(C)cc1. The second kappa shape index (κ2) is 10.1. The van der Waals surface area contributed by atoms with Gasteiger partial charge >= 0.3 is 0 Å². The molecule has 1 aliphatic rings. The van der Waals surface area contributed by atoms with Gasteiger partial charge in [-0.15, -0.1) is 10.2 Å². The highest BCUT2D eigenvalue weighted by atomic mass is 32.2. The first-order chi connectivity index (χ1) is 16.0. The Labute approximate surface area is 198 Å². The Morgan fingerprint density at radius 3 is 2.58 bits per heavy atom. The van der Waals surface area contributed by atoms with Crippen molar-refractivity contribution < 1.29 is 9.53 Å². The fourth-order valence-electron chi connectivity index (χ4n) is 4.15. The molecule has 2 aromatic carbocycles. The van der Waals surface area contributed by atoms with Crippen LogP contribution in [0.2, 0.25) is 0 Å². The zero-order valence-corrected chi connectivity index (χ0v) is 19.7. The quantitative estimate of drug-likeness (QED) is 0.513. The summed E-state index contributed by atoms with van der Waals surface area (Å²) >= 11 is 1.31. The van der Waals surface area contributed by atoms with Gasteiger partial charge in [-0.2, -0.15) is 5.26 Å². The molecular formula is C25H27N5O2S. The number of carbonyl (C=O) groups excluding carboxylic acids is 1. The van der Waals surface area contributed by atoms with Gasteiger partial charge < -0.3 is 10.1 Å². The number of amides is 1. The number of thioether (sulfide) groups is 1. The first kappa shape index (κ1) is 22.9. The van der Waals surface area contributed by atoms with Crippen molar-refractivity contribution >= 4 is 17.7 Å². The highest BCUT2D eigenvalue weighted by Gasteiger charge is 2.33. The monoisotopic (exact) mass is 461 g/mol. The number of aryl methyl sites for hydroxylation is 1. The minimum atomic E-state index is -0.747. The number of nitrogens with one attached hydrogen (secondary N) is 1.